The summed E-state index contributed by atoms with van der Waals surface area (Å²) in [5.41, 5.74) is 0.0444. The van der Waals surface area contributed by atoms with Gasteiger partial charge in [-0.25, -0.2) is 9.59 Å². The van der Waals surface area contributed by atoms with Crippen LogP contribution in [0.4, 0.5) is 0 Å². The summed E-state index contributed by atoms with van der Waals surface area (Å²) >= 11 is 11.7. The van der Waals surface area contributed by atoms with Crippen LogP contribution < -0.4 is 14.2 Å². The first kappa shape index (κ1) is 19.7. The molecule has 3 aromatic carbocycles. The molecule has 142 valence electrons. The number of rotatable bonds is 5. The zero-order chi connectivity index (χ0) is 20.1. The fraction of sp³-hybridized carbons (Fsp3) is 0.0476. The molecule has 28 heavy (non-hydrogen) atoms. The van der Waals surface area contributed by atoms with Gasteiger partial charge in [-0.2, -0.15) is 0 Å². The van der Waals surface area contributed by atoms with Gasteiger partial charge in [-0.1, -0.05) is 23.2 Å². The highest BCUT2D eigenvalue weighted by atomic mass is 35.5. The Morgan fingerprint density at radius 2 is 1.07 bits per heavy atom. The molecule has 3 rings (SSSR count). The molecule has 7 heteroatoms. The Labute approximate surface area is 171 Å². The Balaban J connectivity index is 1.88. The lowest BCUT2D eigenvalue weighted by Crippen LogP contribution is -2.17. The number of carbonyl (C=O) groups excluding carboxylic acids is 2. The van der Waals surface area contributed by atoms with Gasteiger partial charge in [0.1, 0.15) is 17.2 Å². The molecule has 0 saturated heterocycles. The highest BCUT2D eigenvalue weighted by Gasteiger charge is 2.22. The maximum atomic E-state index is 12.7. The normalized spacial score (nSPS) is 10.2. The van der Waals surface area contributed by atoms with E-state index in [0.29, 0.717) is 21.5 Å². The van der Waals surface area contributed by atoms with Crippen molar-refractivity contribution < 1.29 is 23.8 Å². The molecule has 0 amide bonds. The Morgan fingerprint density at radius 1 is 0.643 bits per heavy atom. The molecule has 0 fully saturated rings. The van der Waals surface area contributed by atoms with Crippen molar-refractivity contribution in [3.63, 3.8) is 0 Å². The van der Waals surface area contributed by atoms with E-state index in [0.717, 1.165) is 0 Å². The Bertz CT molecular complexity index is 998. The molecule has 0 atom stereocenters. The van der Waals surface area contributed by atoms with Crippen molar-refractivity contribution >= 4 is 35.1 Å². The van der Waals surface area contributed by atoms with Crippen LogP contribution in [-0.2, 0) is 0 Å². The zero-order valence-corrected chi connectivity index (χ0v) is 16.2. The van der Waals surface area contributed by atoms with E-state index >= 15 is 0 Å². The second-order valence-electron chi connectivity index (χ2n) is 5.60. The van der Waals surface area contributed by atoms with Gasteiger partial charge >= 0.3 is 11.9 Å². The molecule has 5 nitrogen and oxygen atoms in total. The molecule has 0 saturated carbocycles. The zero-order valence-electron chi connectivity index (χ0n) is 14.6. The largest absolute Gasteiger partial charge is 0.497 e. The number of hydrogen-bond acceptors (Lipinski definition) is 5. The van der Waals surface area contributed by atoms with Crippen molar-refractivity contribution in [2.24, 2.45) is 0 Å². The molecule has 0 heterocycles. The number of carbonyl (C=O) groups is 2. The summed E-state index contributed by atoms with van der Waals surface area (Å²) in [7, 11) is 1.45. The van der Waals surface area contributed by atoms with Crippen molar-refractivity contribution in [1.29, 1.82) is 0 Å². The summed E-state index contributed by atoms with van der Waals surface area (Å²) in [6.07, 6.45) is 0. The molecule has 0 bridgehead atoms. The number of ether oxygens (including phenoxy) is 3. The van der Waals surface area contributed by atoms with Crippen LogP contribution in [0.3, 0.4) is 0 Å². The molecule has 0 aliphatic carbocycles. The van der Waals surface area contributed by atoms with Crippen molar-refractivity contribution in [3.8, 4) is 17.2 Å². The standard InChI is InChI=1S/C21H14Cl2O5/c1-26-17-10-11-18(20(24)27-15-6-2-13(22)3-7-15)19(12-17)21(25)28-16-8-4-14(23)5-9-16/h2-12H,1H3. The van der Waals surface area contributed by atoms with Crippen LogP contribution in [0.1, 0.15) is 20.7 Å². The smallest absolute Gasteiger partial charge is 0.344 e. The quantitative estimate of drug-likeness (QED) is 0.409. The van der Waals surface area contributed by atoms with Crippen molar-refractivity contribution in [3.05, 3.63) is 87.9 Å². The molecule has 0 aliphatic heterocycles. The Morgan fingerprint density at radius 3 is 1.54 bits per heavy atom. The molecular weight excluding hydrogens is 403 g/mol. The Kier molecular flexibility index (Phi) is 6.19. The van der Waals surface area contributed by atoms with Gasteiger partial charge in [0.15, 0.2) is 0 Å². The van der Waals surface area contributed by atoms with Crippen LogP contribution in [0.2, 0.25) is 10.0 Å². The number of benzene rings is 3. The summed E-state index contributed by atoms with van der Waals surface area (Å²) < 4.78 is 15.8. The summed E-state index contributed by atoms with van der Waals surface area (Å²) in [6, 6.07) is 17.0. The molecule has 0 aromatic heterocycles. The fourth-order valence-electron chi connectivity index (χ4n) is 2.33. The molecule has 0 aliphatic rings. The van der Waals surface area contributed by atoms with Crippen LogP contribution in [0, 0.1) is 0 Å². The minimum absolute atomic E-state index is 0.00765. The lowest BCUT2D eigenvalue weighted by molar-refractivity contribution is 0.0691. The molecule has 0 unspecified atom stereocenters. The van der Waals surface area contributed by atoms with Gasteiger partial charge in [-0.05, 0) is 66.7 Å². The summed E-state index contributed by atoms with van der Waals surface area (Å²) in [5.74, 6) is -0.472. The topological polar surface area (TPSA) is 61.8 Å². The average molecular weight is 417 g/mol. The van der Waals surface area contributed by atoms with E-state index in [1.165, 1.54) is 19.2 Å². The minimum atomic E-state index is -0.732. The van der Waals surface area contributed by atoms with Gasteiger partial charge in [0.2, 0.25) is 0 Å². The van der Waals surface area contributed by atoms with Gasteiger partial charge in [0.05, 0.1) is 18.2 Å². The van der Waals surface area contributed by atoms with Gasteiger partial charge < -0.3 is 14.2 Å². The third-order valence-electron chi connectivity index (χ3n) is 3.71. The lowest BCUT2D eigenvalue weighted by Gasteiger charge is -2.11. The first-order valence-corrected chi connectivity index (χ1v) is 8.85. The summed E-state index contributed by atoms with van der Waals surface area (Å²) in [4.78, 5) is 25.3. The van der Waals surface area contributed by atoms with E-state index in [4.69, 9.17) is 37.4 Å². The van der Waals surface area contributed by atoms with E-state index in [9.17, 15) is 9.59 Å². The first-order chi connectivity index (χ1) is 13.5. The maximum Gasteiger partial charge on any atom is 0.344 e. The van der Waals surface area contributed by atoms with Crippen molar-refractivity contribution in [2.45, 2.75) is 0 Å². The van der Waals surface area contributed by atoms with Crippen molar-refractivity contribution in [1.82, 2.24) is 0 Å². The van der Waals surface area contributed by atoms with Crippen LogP contribution in [-0.4, -0.2) is 19.0 Å². The third-order valence-corrected chi connectivity index (χ3v) is 4.22. The van der Waals surface area contributed by atoms with E-state index in [1.807, 2.05) is 0 Å². The van der Waals surface area contributed by atoms with Gasteiger partial charge in [-0.3, -0.25) is 0 Å². The second-order valence-corrected chi connectivity index (χ2v) is 6.47. The Hall–Kier alpha value is -3.02. The SMILES string of the molecule is COc1ccc(C(=O)Oc2ccc(Cl)cc2)c(C(=O)Oc2ccc(Cl)cc2)c1. The van der Waals surface area contributed by atoms with Crippen molar-refractivity contribution in [2.75, 3.05) is 7.11 Å². The lowest BCUT2D eigenvalue weighted by atomic mass is 10.1. The maximum absolute atomic E-state index is 12.7. The number of methoxy groups -OCH3 is 1. The van der Waals surface area contributed by atoms with E-state index in [2.05, 4.69) is 0 Å². The van der Waals surface area contributed by atoms with E-state index in [-0.39, 0.29) is 16.9 Å². The highest BCUT2D eigenvalue weighted by molar-refractivity contribution is 6.30. The van der Waals surface area contributed by atoms with E-state index in [1.54, 1.807) is 54.6 Å². The molecule has 3 aromatic rings. The predicted octanol–water partition coefficient (Wildman–Crippen LogP) is 5.44. The predicted molar refractivity (Wildman–Crippen MR) is 106 cm³/mol. The monoisotopic (exact) mass is 416 g/mol. The van der Waals surface area contributed by atoms with Crippen LogP contribution >= 0.6 is 23.2 Å². The van der Waals surface area contributed by atoms with E-state index < -0.39 is 11.9 Å². The number of esters is 2. The number of halogens is 2. The molecule has 0 spiro atoms. The number of hydrogen-bond donors (Lipinski definition) is 0. The molecular formula is C21H14Cl2O5. The van der Waals surface area contributed by atoms with Gasteiger partial charge in [-0.15, -0.1) is 0 Å². The molecule has 0 radical (unpaired) electrons. The minimum Gasteiger partial charge on any atom is -0.497 e. The second kappa shape index (κ2) is 8.78. The summed E-state index contributed by atoms with van der Waals surface area (Å²) in [6.45, 7) is 0. The molecule has 0 N–H and O–H groups in total. The summed E-state index contributed by atoms with van der Waals surface area (Å²) in [5, 5.41) is 1.02. The highest BCUT2D eigenvalue weighted by Crippen LogP contribution is 2.23. The van der Waals surface area contributed by atoms with Gasteiger partial charge in [0.25, 0.3) is 0 Å². The van der Waals surface area contributed by atoms with Crippen LogP contribution in [0.25, 0.3) is 0 Å². The van der Waals surface area contributed by atoms with Gasteiger partial charge in [0, 0.05) is 10.0 Å². The first-order valence-electron chi connectivity index (χ1n) is 8.10. The third kappa shape index (κ3) is 4.82. The van der Waals surface area contributed by atoms with Crippen LogP contribution in [0.15, 0.2) is 66.7 Å². The fourth-order valence-corrected chi connectivity index (χ4v) is 2.58. The van der Waals surface area contributed by atoms with Crippen LogP contribution in [0.5, 0.6) is 17.2 Å². The average Bonchev–Trinajstić information content (AvgIpc) is 2.71.